The highest BCUT2D eigenvalue weighted by atomic mass is 79.9. The first-order chi connectivity index (χ1) is 9.81. The number of rotatable bonds is 4. The lowest BCUT2D eigenvalue weighted by atomic mass is 10.0. The fraction of sp³-hybridized carbons (Fsp3) is 0.308. The van der Waals surface area contributed by atoms with Gasteiger partial charge in [-0.2, -0.15) is 0 Å². The van der Waals surface area contributed by atoms with Crippen molar-refractivity contribution in [2.75, 3.05) is 0 Å². The summed E-state index contributed by atoms with van der Waals surface area (Å²) < 4.78 is 6.05. The molecule has 1 amide bonds. The number of carboxylic acid groups (broad SMARTS) is 1. The second-order valence-corrected chi connectivity index (χ2v) is 7.16. The first-order valence-electron chi connectivity index (χ1n) is 6.04. The molecule has 1 aliphatic rings. The van der Waals surface area contributed by atoms with Crippen molar-refractivity contribution >= 4 is 62.2 Å². The quantitative estimate of drug-likeness (QED) is 0.580. The Morgan fingerprint density at radius 1 is 1.52 bits per heavy atom. The van der Waals surface area contributed by atoms with E-state index in [-0.39, 0.29) is 10.2 Å². The molecule has 1 aromatic rings. The van der Waals surface area contributed by atoms with Crippen LogP contribution in [0.15, 0.2) is 26.1 Å². The zero-order valence-corrected chi connectivity index (χ0v) is 14.4. The second-order valence-electron chi connectivity index (χ2n) is 4.70. The largest absolute Gasteiger partial charge is 0.548 e. The van der Waals surface area contributed by atoms with E-state index in [9.17, 15) is 14.7 Å². The molecule has 21 heavy (non-hydrogen) atoms. The first kappa shape index (κ1) is 16.3. The van der Waals surface area contributed by atoms with E-state index >= 15 is 0 Å². The average Bonchev–Trinajstić information content (AvgIpc) is 2.88. The van der Waals surface area contributed by atoms with Gasteiger partial charge < -0.3 is 14.3 Å². The van der Waals surface area contributed by atoms with Gasteiger partial charge in [0.2, 0.25) is 0 Å². The normalized spacial score (nSPS) is 18.9. The van der Waals surface area contributed by atoms with E-state index in [4.69, 9.17) is 16.6 Å². The minimum Gasteiger partial charge on any atom is -0.548 e. The van der Waals surface area contributed by atoms with Crippen molar-refractivity contribution in [2.45, 2.75) is 19.9 Å². The standard InChI is InChI=1S/C13H12BrNO4S2/c1-6(2)10(12(17)18)15-11(16)8(21-13(15)20)5-7-3-4-9(14)19-7/h3-6,10H,1-2H3,(H,17,18)/p-1/b8-5+/t10-/m1/s1. The number of aliphatic carboxylic acids is 1. The molecular weight excluding hydrogens is 378 g/mol. The maximum absolute atomic E-state index is 12.4. The molecule has 0 spiro atoms. The summed E-state index contributed by atoms with van der Waals surface area (Å²) in [7, 11) is 0. The number of carbonyl (C=O) groups is 2. The third kappa shape index (κ3) is 3.38. The Hall–Kier alpha value is -1.12. The number of thiocarbonyl (C=S) groups is 1. The summed E-state index contributed by atoms with van der Waals surface area (Å²) in [6, 6.07) is 2.31. The Morgan fingerprint density at radius 2 is 2.19 bits per heavy atom. The molecule has 1 atom stereocenters. The Bertz CT molecular complexity index is 638. The molecule has 0 unspecified atom stereocenters. The Balaban J connectivity index is 2.32. The number of hydrogen-bond acceptors (Lipinski definition) is 6. The van der Waals surface area contributed by atoms with E-state index in [2.05, 4.69) is 15.9 Å². The lowest BCUT2D eigenvalue weighted by Crippen LogP contribution is -2.52. The number of furan rings is 1. The van der Waals surface area contributed by atoms with Gasteiger partial charge in [0.25, 0.3) is 5.91 Å². The highest BCUT2D eigenvalue weighted by molar-refractivity contribution is 9.10. The highest BCUT2D eigenvalue weighted by Gasteiger charge is 2.39. The fourth-order valence-electron chi connectivity index (χ4n) is 1.93. The van der Waals surface area contributed by atoms with Crippen molar-refractivity contribution < 1.29 is 19.1 Å². The van der Waals surface area contributed by atoms with Gasteiger partial charge in [0.15, 0.2) is 4.67 Å². The Labute approximate surface area is 139 Å². The Morgan fingerprint density at radius 3 is 2.67 bits per heavy atom. The molecule has 0 aromatic carbocycles. The van der Waals surface area contributed by atoms with Crippen LogP contribution in [0.1, 0.15) is 19.6 Å². The monoisotopic (exact) mass is 388 g/mol. The summed E-state index contributed by atoms with van der Waals surface area (Å²) in [4.78, 5) is 25.1. The zero-order valence-electron chi connectivity index (χ0n) is 11.2. The van der Waals surface area contributed by atoms with Gasteiger partial charge in [-0.05, 0) is 34.0 Å². The molecule has 1 aromatic heterocycles. The van der Waals surface area contributed by atoms with Crippen molar-refractivity contribution in [1.29, 1.82) is 0 Å². The topological polar surface area (TPSA) is 73.6 Å². The van der Waals surface area contributed by atoms with E-state index in [1.54, 1.807) is 26.0 Å². The molecular formula is C13H11BrNO4S2-. The third-order valence-corrected chi connectivity index (χ3v) is 4.60. The predicted molar refractivity (Wildman–Crippen MR) is 85.1 cm³/mol. The smallest absolute Gasteiger partial charge is 0.266 e. The van der Waals surface area contributed by atoms with Gasteiger partial charge in [-0.1, -0.05) is 37.8 Å². The zero-order chi connectivity index (χ0) is 15.7. The fourth-order valence-corrected chi connectivity index (χ4v) is 3.56. The molecule has 2 rings (SSSR count). The second kappa shape index (κ2) is 6.33. The van der Waals surface area contributed by atoms with Gasteiger partial charge in [-0.25, -0.2) is 0 Å². The molecule has 1 aliphatic heterocycles. The van der Waals surface area contributed by atoms with Gasteiger partial charge in [0, 0.05) is 6.08 Å². The maximum atomic E-state index is 12.4. The minimum absolute atomic E-state index is 0.208. The van der Waals surface area contributed by atoms with Crippen LogP contribution in [0.3, 0.4) is 0 Å². The maximum Gasteiger partial charge on any atom is 0.266 e. The van der Waals surface area contributed by atoms with Crippen molar-refractivity contribution in [2.24, 2.45) is 5.92 Å². The van der Waals surface area contributed by atoms with E-state index < -0.39 is 17.9 Å². The summed E-state index contributed by atoms with van der Waals surface area (Å²) in [5.74, 6) is -1.59. The van der Waals surface area contributed by atoms with Gasteiger partial charge >= 0.3 is 0 Å². The van der Waals surface area contributed by atoms with Gasteiger partial charge in [-0.3, -0.25) is 9.69 Å². The summed E-state index contributed by atoms with van der Waals surface area (Å²) in [5.41, 5.74) is 0. The molecule has 8 heteroatoms. The molecule has 1 fully saturated rings. The van der Waals surface area contributed by atoms with Crippen molar-refractivity contribution in [3.63, 3.8) is 0 Å². The molecule has 5 nitrogen and oxygen atoms in total. The molecule has 1 saturated heterocycles. The number of halogens is 1. The van der Waals surface area contributed by atoms with Crippen molar-refractivity contribution in [3.8, 4) is 0 Å². The lowest BCUT2D eigenvalue weighted by molar-refractivity contribution is -0.311. The lowest BCUT2D eigenvalue weighted by Gasteiger charge is -2.30. The SMILES string of the molecule is CC(C)[C@H](C(=O)[O-])N1C(=O)/C(=C\c2ccc(Br)o2)SC1=S. The van der Waals surface area contributed by atoms with Crippen LogP contribution in [0.5, 0.6) is 0 Å². The van der Waals surface area contributed by atoms with Crippen LogP contribution in [0.2, 0.25) is 0 Å². The molecule has 0 saturated carbocycles. The van der Waals surface area contributed by atoms with Crippen LogP contribution in [0, 0.1) is 5.92 Å². The minimum atomic E-state index is -1.32. The van der Waals surface area contributed by atoms with E-state index in [1.165, 1.54) is 6.08 Å². The summed E-state index contributed by atoms with van der Waals surface area (Å²) >= 11 is 9.35. The van der Waals surface area contributed by atoms with Gasteiger partial charge in [0.1, 0.15) is 10.1 Å². The van der Waals surface area contributed by atoms with E-state index in [1.807, 2.05) is 0 Å². The summed E-state index contributed by atoms with van der Waals surface area (Å²) in [6.45, 7) is 3.40. The number of nitrogens with zero attached hydrogens (tertiary/aromatic N) is 1. The van der Waals surface area contributed by atoms with Crippen LogP contribution in [0.4, 0.5) is 0 Å². The summed E-state index contributed by atoms with van der Waals surface area (Å²) in [5, 5.41) is 11.3. The van der Waals surface area contributed by atoms with Gasteiger partial charge in [-0.15, -0.1) is 0 Å². The predicted octanol–water partition coefficient (Wildman–Crippen LogP) is 2.02. The molecule has 2 heterocycles. The van der Waals surface area contributed by atoms with E-state index in [0.29, 0.717) is 15.3 Å². The molecule has 112 valence electrons. The van der Waals surface area contributed by atoms with Crippen LogP contribution in [-0.2, 0) is 9.59 Å². The molecule has 0 bridgehead atoms. The van der Waals surface area contributed by atoms with Crippen LogP contribution < -0.4 is 5.11 Å². The van der Waals surface area contributed by atoms with Crippen LogP contribution in [-0.4, -0.2) is 27.1 Å². The summed E-state index contributed by atoms with van der Waals surface area (Å²) in [6.07, 6.45) is 1.54. The number of hydrogen-bond donors (Lipinski definition) is 0. The Kier molecular flexibility index (Phi) is 4.90. The number of thioether (sulfide) groups is 1. The third-order valence-electron chi connectivity index (χ3n) is 2.84. The van der Waals surface area contributed by atoms with Crippen molar-refractivity contribution in [1.82, 2.24) is 4.90 Å². The molecule has 0 aliphatic carbocycles. The number of carboxylic acids is 1. The molecule has 0 radical (unpaired) electrons. The van der Waals surface area contributed by atoms with Crippen LogP contribution >= 0.6 is 39.9 Å². The van der Waals surface area contributed by atoms with Crippen LogP contribution in [0.25, 0.3) is 6.08 Å². The van der Waals surface area contributed by atoms with Crippen molar-refractivity contribution in [3.05, 3.63) is 27.5 Å². The first-order valence-corrected chi connectivity index (χ1v) is 8.06. The van der Waals surface area contributed by atoms with Gasteiger partial charge in [0.05, 0.1) is 16.9 Å². The van der Waals surface area contributed by atoms with E-state index in [0.717, 1.165) is 16.7 Å². The highest BCUT2D eigenvalue weighted by Crippen LogP contribution is 2.35. The molecule has 0 N–H and O–H groups in total. The number of carbonyl (C=O) groups excluding carboxylic acids is 2. The average molecular weight is 389 g/mol. The number of amides is 1.